The van der Waals surface area contributed by atoms with Crippen LogP contribution in [0.15, 0.2) is 61.4 Å². The zero-order valence-corrected chi connectivity index (χ0v) is 9.38. The zero-order valence-electron chi connectivity index (χ0n) is 9.38. The van der Waals surface area contributed by atoms with Crippen molar-refractivity contribution < 1.29 is 0 Å². The van der Waals surface area contributed by atoms with Crippen LogP contribution in [0, 0.1) is 0 Å². The number of pyridine rings is 1. The lowest BCUT2D eigenvalue weighted by Crippen LogP contribution is -1.95. The Labute approximate surface area is 99.8 Å². The summed E-state index contributed by atoms with van der Waals surface area (Å²) in [4.78, 5) is 4.42. The van der Waals surface area contributed by atoms with E-state index in [1.165, 1.54) is 0 Å². The van der Waals surface area contributed by atoms with Crippen LogP contribution < -0.4 is 0 Å². The maximum atomic E-state index is 4.42. The molecule has 0 fully saturated rings. The Bertz CT molecular complexity index is 680. The third kappa shape index (κ3) is 1.54. The SMILES string of the molecule is C=Cc1ccccc1-n1ccc2cccnc21. The van der Waals surface area contributed by atoms with Crippen LogP contribution in [0.25, 0.3) is 22.8 Å². The average Bonchev–Trinajstić information content (AvgIpc) is 2.82. The van der Waals surface area contributed by atoms with Gasteiger partial charge in [0, 0.05) is 17.8 Å². The Morgan fingerprint density at radius 2 is 1.94 bits per heavy atom. The molecule has 2 heterocycles. The fourth-order valence-corrected chi connectivity index (χ4v) is 2.04. The van der Waals surface area contributed by atoms with Crippen molar-refractivity contribution >= 4 is 17.1 Å². The first-order valence-corrected chi connectivity index (χ1v) is 5.54. The van der Waals surface area contributed by atoms with Crippen LogP contribution in [0.1, 0.15) is 5.56 Å². The van der Waals surface area contributed by atoms with Crippen molar-refractivity contribution in [1.29, 1.82) is 0 Å². The second-order valence-corrected chi connectivity index (χ2v) is 3.86. The van der Waals surface area contributed by atoms with Gasteiger partial charge in [0.15, 0.2) is 0 Å². The van der Waals surface area contributed by atoms with E-state index in [0.29, 0.717) is 0 Å². The maximum absolute atomic E-state index is 4.42. The monoisotopic (exact) mass is 220 g/mol. The topological polar surface area (TPSA) is 17.8 Å². The summed E-state index contributed by atoms with van der Waals surface area (Å²) in [5, 5.41) is 1.14. The highest BCUT2D eigenvalue weighted by Gasteiger charge is 2.05. The van der Waals surface area contributed by atoms with Gasteiger partial charge in [-0.2, -0.15) is 0 Å². The highest BCUT2D eigenvalue weighted by atomic mass is 15.0. The van der Waals surface area contributed by atoms with Crippen LogP contribution in [0.3, 0.4) is 0 Å². The number of fused-ring (bicyclic) bond motifs is 1. The summed E-state index contributed by atoms with van der Waals surface area (Å²) < 4.78 is 2.09. The number of benzene rings is 1. The second-order valence-electron chi connectivity index (χ2n) is 3.86. The maximum Gasteiger partial charge on any atom is 0.144 e. The summed E-state index contributed by atoms with van der Waals surface area (Å²) in [6.45, 7) is 3.85. The number of rotatable bonds is 2. The van der Waals surface area contributed by atoms with E-state index in [0.717, 1.165) is 22.3 Å². The van der Waals surface area contributed by atoms with Gasteiger partial charge in [0.05, 0.1) is 5.69 Å². The van der Waals surface area contributed by atoms with E-state index in [4.69, 9.17) is 0 Å². The molecule has 2 aromatic heterocycles. The predicted octanol–water partition coefficient (Wildman–Crippen LogP) is 3.67. The molecule has 0 amide bonds. The Morgan fingerprint density at radius 1 is 1.06 bits per heavy atom. The van der Waals surface area contributed by atoms with E-state index in [9.17, 15) is 0 Å². The third-order valence-corrected chi connectivity index (χ3v) is 2.86. The Hall–Kier alpha value is -2.35. The Kier molecular flexibility index (Phi) is 2.26. The highest BCUT2D eigenvalue weighted by molar-refractivity contribution is 5.79. The molecule has 2 heteroatoms. The minimum atomic E-state index is 0.974. The van der Waals surface area contributed by atoms with Gasteiger partial charge in [0.1, 0.15) is 5.65 Å². The van der Waals surface area contributed by atoms with E-state index in [1.54, 1.807) is 0 Å². The van der Waals surface area contributed by atoms with Gasteiger partial charge in [0.25, 0.3) is 0 Å². The quantitative estimate of drug-likeness (QED) is 0.644. The first-order chi connectivity index (χ1) is 8.40. The van der Waals surface area contributed by atoms with E-state index < -0.39 is 0 Å². The molecule has 0 atom stereocenters. The molecule has 0 unspecified atom stereocenters. The van der Waals surface area contributed by atoms with Gasteiger partial charge in [-0.05, 0) is 29.8 Å². The molecule has 0 aliphatic rings. The van der Waals surface area contributed by atoms with Gasteiger partial charge in [-0.1, -0.05) is 30.9 Å². The van der Waals surface area contributed by atoms with Gasteiger partial charge in [0.2, 0.25) is 0 Å². The molecule has 0 N–H and O–H groups in total. The van der Waals surface area contributed by atoms with Crippen molar-refractivity contribution in [3.63, 3.8) is 0 Å². The molecule has 0 aliphatic heterocycles. The summed E-state index contributed by atoms with van der Waals surface area (Å²) in [7, 11) is 0. The summed E-state index contributed by atoms with van der Waals surface area (Å²) in [6.07, 6.45) is 5.72. The lowest BCUT2D eigenvalue weighted by atomic mass is 10.2. The molecule has 0 aliphatic carbocycles. The molecule has 2 nitrogen and oxygen atoms in total. The van der Waals surface area contributed by atoms with Crippen LogP contribution in [-0.4, -0.2) is 9.55 Å². The average molecular weight is 220 g/mol. The lowest BCUT2D eigenvalue weighted by Gasteiger charge is -2.08. The molecule has 0 bridgehead atoms. The Balaban J connectivity index is 2.31. The molecular weight excluding hydrogens is 208 g/mol. The second kappa shape index (κ2) is 3.91. The summed E-state index contributed by atoms with van der Waals surface area (Å²) in [5.41, 5.74) is 3.19. The van der Waals surface area contributed by atoms with Crippen molar-refractivity contribution in [3.8, 4) is 5.69 Å². The van der Waals surface area contributed by atoms with Crippen LogP contribution in [0.4, 0.5) is 0 Å². The molecule has 1 aromatic carbocycles. The standard InChI is InChI=1S/C15H12N2/c1-2-12-6-3-4-8-14(12)17-11-9-13-7-5-10-16-15(13)17/h2-11H,1H2. The number of para-hydroxylation sites is 1. The highest BCUT2D eigenvalue weighted by Crippen LogP contribution is 2.21. The fourth-order valence-electron chi connectivity index (χ4n) is 2.04. The first-order valence-electron chi connectivity index (χ1n) is 5.54. The van der Waals surface area contributed by atoms with Crippen LogP contribution >= 0.6 is 0 Å². The molecule has 82 valence electrons. The largest absolute Gasteiger partial charge is 0.301 e. The first kappa shape index (κ1) is 9.85. The van der Waals surface area contributed by atoms with Gasteiger partial charge in [-0.15, -0.1) is 0 Å². The molecule has 3 aromatic rings. The minimum Gasteiger partial charge on any atom is -0.301 e. The van der Waals surface area contributed by atoms with Crippen LogP contribution in [0.2, 0.25) is 0 Å². The van der Waals surface area contributed by atoms with Gasteiger partial charge >= 0.3 is 0 Å². The Morgan fingerprint density at radius 3 is 2.82 bits per heavy atom. The molecule has 0 radical (unpaired) electrons. The number of aromatic nitrogens is 2. The van der Waals surface area contributed by atoms with Crippen molar-refractivity contribution in [2.24, 2.45) is 0 Å². The normalized spacial score (nSPS) is 10.6. The number of hydrogen-bond donors (Lipinski definition) is 0. The van der Waals surface area contributed by atoms with Gasteiger partial charge in [-0.25, -0.2) is 4.98 Å². The molecule has 0 saturated carbocycles. The van der Waals surface area contributed by atoms with Gasteiger partial charge < -0.3 is 4.57 Å². The molecule has 0 saturated heterocycles. The number of hydrogen-bond acceptors (Lipinski definition) is 1. The smallest absolute Gasteiger partial charge is 0.144 e. The van der Waals surface area contributed by atoms with Crippen molar-refractivity contribution in [3.05, 3.63) is 67.0 Å². The molecule has 3 rings (SSSR count). The zero-order chi connectivity index (χ0) is 11.7. The minimum absolute atomic E-state index is 0.974. The molecular formula is C15H12N2. The van der Waals surface area contributed by atoms with Gasteiger partial charge in [-0.3, -0.25) is 0 Å². The van der Waals surface area contributed by atoms with E-state index in [-0.39, 0.29) is 0 Å². The van der Waals surface area contributed by atoms with Crippen molar-refractivity contribution in [2.45, 2.75) is 0 Å². The van der Waals surface area contributed by atoms with Crippen LogP contribution in [-0.2, 0) is 0 Å². The van der Waals surface area contributed by atoms with E-state index >= 15 is 0 Å². The summed E-state index contributed by atoms with van der Waals surface area (Å²) in [6, 6.07) is 14.3. The molecule has 17 heavy (non-hydrogen) atoms. The fraction of sp³-hybridized carbons (Fsp3) is 0. The summed E-state index contributed by atoms with van der Waals surface area (Å²) in [5.74, 6) is 0. The summed E-state index contributed by atoms with van der Waals surface area (Å²) >= 11 is 0. The van der Waals surface area contributed by atoms with E-state index in [1.807, 2.05) is 36.7 Å². The van der Waals surface area contributed by atoms with Crippen molar-refractivity contribution in [1.82, 2.24) is 9.55 Å². The van der Waals surface area contributed by atoms with Crippen molar-refractivity contribution in [2.75, 3.05) is 0 Å². The number of nitrogens with zero attached hydrogens (tertiary/aromatic N) is 2. The van der Waals surface area contributed by atoms with Crippen LogP contribution in [0.5, 0.6) is 0 Å². The van der Waals surface area contributed by atoms with E-state index in [2.05, 4.69) is 40.4 Å². The third-order valence-electron chi connectivity index (χ3n) is 2.86. The predicted molar refractivity (Wildman–Crippen MR) is 71.2 cm³/mol. The lowest BCUT2D eigenvalue weighted by molar-refractivity contribution is 1.09. The molecule has 0 spiro atoms.